The molecule has 0 radical (unpaired) electrons. The summed E-state index contributed by atoms with van der Waals surface area (Å²) in [7, 11) is 0. The molecule has 0 bridgehead atoms. The number of rotatable bonds is 6. The minimum Gasteiger partial charge on any atom is -0.382 e. The Bertz CT molecular complexity index is 399. The topological polar surface area (TPSA) is 58.6 Å². The van der Waals surface area contributed by atoms with Gasteiger partial charge in [0.2, 0.25) is 11.8 Å². The summed E-state index contributed by atoms with van der Waals surface area (Å²) in [5.41, 5.74) is -0.264. The molecule has 21 heavy (non-hydrogen) atoms. The third kappa shape index (κ3) is 3.76. The first-order chi connectivity index (χ1) is 9.86. The second-order valence-electron chi connectivity index (χ2n) is 7.17. The lowest BCUT2D eigenvalue weighted by Crippen LogP contribution is -2.67. The molecule has 0 aromatic rings. The van der Waals surface area contributed by atoms with Crippen molar-refractivity contribution < 1.29 is 14.3 Å². The van der Waals surface area contributed by atoms with Crippen molar-refractivity contribution in [1.29, 1.82) is 0 Å². The third-order valence-electron chi connectivity index (χ3n) is 4.25. The molecule has 120 valence electrons. The van der Waals surface area contributed by atoms with Crippen LogP contribution in [0.15, 0.2) is 0 Å². The van der Waals surface area contributed by atoms with Gasteiger partial charge in [-0.05, 0) is 37.5 Å². The normalized spacial score (nSPS) is 27.0. The predicted molar refractivity (Wildman–Crippen MR) is 80.7 cm³/mol. The van der Waals surface area contributed by atoms with Crippen molar-refractivity contribution in [3.8, 4) is 0 Å². The van der Waals surface area contributed by atoms with E-state index in [1.807, 2.05) is 32.6 Å². The van der Waals surface area contributed by atoms with Crippen LogP contribution in [-0.2, 0) is 14.3 Å². The van der Waals surface area contributed by atoms with E-state index in [4.69, 9.17) is 4.74 Å². The Morgan fingerprint density at radius 1 is 1.29 bits per heavy atom. The first-order valence-corrected chi connectivity index (χ1v) is 8.05. The first-order valence-electron chi connectivity index (χ1n) is 8.05. The van der Waals surface area contributed by atoms with E-state index in [1.54, 1.807) is 0 Å². The van der Waals surface area contributed by atoms with E-state index in [2.05, 4.69) is 5.32 Å². The molecule has 1 heterocycles. The Hall–Kier alpha value is -1.10. The molecule has 1 N–H and O–H groups in total. The number of carbonyl (C=O) groups is 2. The zero-order valence-corrected chi connectivity index (χ0v) is 13.6. The Kier molecular flexibility index (Phi) is 4.91. The SMILES string of the molecule is CCOCCCN1C(=O)C(C(C)(C)C)NC(=O)C1C1CC1. The van der Waals surface area contributed by atoms with Crippen LogP contribution < -0.4 is 5.32 Å². The lowest BCUT2D eigenvalue weighted by Gasteiger charge is -2.43. The van der Waals surface area contributed by atoms with Crippen LogP contribution in [0.4, 0.5) is 0 Å². The Morgan fingerprint density at radius 2 is 1.95 bits per heavy atom. The van der Waals surface area contributed by atoms with Gasteiger partial charge in [0.05, 0.1) is 0 Å². The van der Waals surface area contributed by atoms with Crippen LogP contribution in [0.2, 0.25) is 0 Å². The van der Waals surface area contributed by atoms with Crippen LogP contribution >= 0.6 is 0 Å². The lowest BCUT2D eigenvalue weighted by molar-refractivity contribution is -0.153. The van der Waals surface area contributed by atoms with Crippen LogP contribution in [0.3, 0.4) is 0 Å². The molecule has 1 saturated heterocycles. The standard InChI is InChI=1S/C16H28N2O3/c1-5-21-10-6-9-18-12(11-7-8-11)14(19)17-13(15(18)20)16(2,3)4/h11-13H,5-10H2,1-4H3,(H,17,19). The van der Waals surface area contributed by atoms with Crippen LogP contribution in [0.25, 0.3) is 0 Å². The number of amides is 2. The molecule has 2 unspecified atom stereocenters. The maximum atomic E-state index is 12.8. The quantitative estimate of drug-likeness (QED) is 0.757. The second-order valence-corrected chi connectivity index (χ2v) is 7.17. The van der Waals surface area contributed by atoms with E-state index in [9.17, 15) is 9.59 Å². The third-order valence-corrected chi connectivity index (χ3v) is 4.25. The average molecular weight is 296 g/mol. The summed E-state index contributed by atoms with van der Waals surface area (Å²) in [5, 5.41) is 2.95. The molecule has 2 aliphatic rings. The van der Waals surface area contributed by atoms with Gasteiger partial charge in [-0.25, -0.2) is 0 Å². The maximum absolute atomic E-state index is 12.8. The zero-order chi connectivity index (χ0) is 15.6. The van der Waals surface area contributed by atoms with Crippen molar-refractivity contribution in [2.45, 2.75) is 59.0 Å². The summed E-state index contributed by atoms with van der Waals surface area (Å²) < 4.78 is 5.35. The van der Waals surface area contributed by atoms with Gasteiger partial charge in [-0.1, -0.05) is 20.8 Å². The van der Waals surface area contributed by atoms with Gasteiger partial charge in [-0.2, -0.15) is 0 Å². The Morgan fingerprint density at radius 3 is 2.48 bits per heavy atom. The highest BCUT2D eigenvalue weighted by atomic mass is 16.5. The molecule has 2 amide bonds. The van der Waals surface area contributed by atoms with Crippen molar-refractivity contribution >= 4 is 11.8 Å². The zero-order valence-electron chi connectivity index (χ0n) is 13.6. The fraction of sp³-hybridized carbons (Fsp3) is 0.875. The summed E-state index contributed by atoms with van der Waals surface area (Å²) in [6, 6.07) is -0.690. The highest BCUT2D eigenvalue weighted by Gasteiger charge is 2.50. The van der Waals surface area contributed by atoms with E-state index < -0.39 is 6.04 Å². The van der Waals surface area contributed by atoms with Gasteiger partial charge in [0.25, 0.3) is 0 Å². The molecule has 2 atom stereocenters. The minimum atomic E-state index is -0.424. The van der Waals surface area contributed by atoms with Crippen molar-refractivity contribution in [3.05, 3.63) is 0 Å². The monoisotopic (exact) mass is 296 g/mol. The van der Waals surface area contributed by atoms with Crippen molar-refractivity contribution in [2.24, 2.45) is 11.3 Å². The molecular formula is C16H28N2O3. The minimum absolute atomic E-state index is 0.0217. The van der Waals surface area contributed by atoms with Gasteiger partial charge in [0.15, 0.2) is 0 Å². The van der Waals surface area contributed by atoms with E-state index in [0.717, 1.165) is 19.3 Å². The fourth-order valence-electron chi connectivity index (χ4n) is 2.93. The Labute approximate surface area is 127 Å². The van der Waals surface area contributed by atoms with Gasteiger partial charge in [-0.3, -0.25) is 9.59 Å². The first kappa shape index (κ1) is 16.3. The van der Waals surface area contributed by atoms with Crippen molar-refractivity contribution in [2.75, 3.05) is 19.8 Å². The molecule has 5 heteroatoms. The summed E-state index contributed by atoms with van der Waals surface area (Å²) >= 11 is 0. The molecule has 0 aromatic heterocycles. The molecule has 1 aliphatic carbocycles. The lowest BCUT2D eigenvalue weighted by atomic mass is 9.83. The van der Waals surface area contributed by atoms with Crippen LogP contribution in [0, 0.1) is 11.3 Å². The number of hydrogen-bond acceptors (Lipinski definition) is 3. The molecule has 2 fully saturated rings. The molecule has 1 saturated carbocycles. The molecule has 2 rings (SSSR count). The average Bonchev–Trinajstić information content (AvgIpc) is 3.21. The van der Waals surface area contributed by atoms with Gasteiger partial charge in [-0.15, -0.1) is 0 Å². The summed E-state index contributed by atoms with van der Waals surface area (Å²) in [5.74, 6) is 0.436. The predicted octanol–water partition coefficient (Wildman–Crippen LogP) is 1.56. The number of hydrogen-bond donors (Lipinski definition) is 1. The smallest absolute Gasteiger partial charge is 0.246 e. The van der Waals surface area contributed by atoms with Crippen molar-refractivity contribution in [3.63, 3.8) is 0 Å². The molecular weight excluding hydrogens is 268 g/mol. The van der Waals surface area contributed by atoms with Crippen LogP contribution in [-0.4, -0.2) is 48.6 Å². The number of nitrogens with zero attached hydrogens (tertiary/aromatic N) is 1. The van der Waals surface area contributed by atoms with Gasteiger partial charge < -0.3 is 15.0 Å². The largest absolute Gasteiger partial charge is 0.382 e. The fourth-order valence-corrected chi connectivity index (χ4v) is 2.93. The Balaban J connectivity index is 2.09. The van der Waals surface area contributed by atoms with E-state index in [1.165, 1.54) is 0 Å². The molecule has 1 aliphatic heterocycles. The molecule has 0 spiro atoms. The highest BCUT2D eigenvalue weighted by Crippen LogP contribution is 2.38. The van der Waals surface area contributed by atoms with Crippen molar-refractivity contribution in [1.82, 2.24) is 10.2 Å². The second kappa shape index (κ2) is 6.34. The van der Waals surface area contributed by atoms with Gasteiger partial charge in [0.1, 0.15) is 12.1 Å². The summed E-state index contributed by atoms with van der Waals surface area (Å²) in [6.45, 7) is 9.87. The van der Waals surface area contributed by atoms with Crippen LogP contribution in [0.1, 0.15) is 47.0 Å². The molecule has 0 aromatic carbocycles. The van der Waals surface area contributed by atoms with Gasteiger partial charge >= 0.3 is 0 Å². The number of piperazine rings is 1. The summed E-state index contributed by atoms with van der Waals surface area (Å²) in [6.07, 6.45) is 2.88. The van der Waals surface area contributed by atoms with E-state index >= 15 is 0 Å². The van der Waals surface area contributed by atoms with E-state index in [0.29, 0.717) is 25.7 Å². The number of ether oxygens (including phenoxy) is 1. The number of nitrogens with one attached hydrogen (secondary N) is 1. The number of carbonyl (C=O) groups excluding carboxylic acids is 2. The molecule has 5 nitrogen and oxygen atoms in total. The van der Waals surface area contributed by atoms with Crippen LogP contribution in [0.5, 0.6) is 0 Å². The summed E-state index contributed by atoms with van der Waals surface area (Å²) in [4.78, 5) is 27.0. The maximum Gasteiger partial charge on any atom is 0.246 e. The van der Waals surface area contributed by atoms with E-state index in [-0.39, 0.29) is 23.3 Å². The highest BCUT2D eigenvalue weighted by molar-refractivity contribution is 5.97. The van der Waals surface area contributed by atoms with Gasteiger partial charge in [0, 0.05) is 19.8 Å².